The Morgan fingerprint density at radius 1 is 1.35 bits per heavy atom. The van der Waals surface area contributed by atoms with E-state index in [1.165, 1.54) is 24.3 Å². The van der Waals surface area contributed by atoms with Crippen LogP contribution >= 0.6 is 11.8 Å². The number of fused-ring (bicyclic) bond motifs is 1. The summed E-state index contributed by atoms with van der Waals surface area (Å²) in [5.74, 6) is -1.23. The fourth-order valence-corrected chi connectivity index (χ4v) is 4.56. The third kappa shape index (κ3) is 3.52. The molecule has 2 fully saturated rings. The molecule has 0 saturated carbocycles. The van der Waals surface area contributed by atoms with Gasteiger partial charge < -0.3 is 20.7 Å². The van der Waals surface area contributed by atoms with E-state index in [2.05, 4.69) is 5.32 Å². The highest BCUT2D eigenvalue weighted by atomic mass is 32.2. The van der Waals surface area contributed by atoms with Gasteiger partial charge in [0.05, 0.1) is 4.87 Å². The van der Waals surface area contributed by atoms with E-state index in [0.717, 1.165) is 0 Å². The summed E-state index contributed by atoms with van der Waals surface area (Å²) < 4.78 is 5.09. The first-order valence-corrected chi connectivity index (χ1v) is 9.11. The molecule has 0 spiro atoms. The second-order valence-corrected chi connectivity index (χ2v) is 7.86. The van der Waals surface area contributed by atoms with Crippen molar-refractivity contribution in [2.45, 2.75) is 30.7 Å². The van der Waals surface area contributed by atoms with Crippen LogP contribution in [-0.2, 0) is 19.1 Å². The van der Waals surface area contributed by atoms with Crippen LogP contribution < -0.4 is 11.1 Å². The molecule has 0 aliphatic carbocycles. The summed E-state index contributed by atoms with van der Waals surface area (Å²) >= 11 is 1.56. The predicted octanol–water partition coefficient (Wildman–Crippen LogP) is 0.721. The summed E-state index contributed by atoms with van der Waals surface area (Å²) in [6, 6.07) is 5.38. The molecular formula is C17H19N3O5S. The maximum Gasteiger partial charge on any atom is 0.330 e. The van der Waals surface area contributed by atoms with E-state index in [1.807, 2.05) is 6.92 Å². The predicted molar refractivity (Wildman–Crippen MR) is 95.3 cm³/mol. The molecule has 0 bridgehead atoms. The molecule has 3 amide bonds. The van der Waals surface area contributed by atoms with Crippen molar-refractivity contribution in [2.24, 2.45) is 5.73 Å². The molecule has 0 aromatic heterocycles. The van der Waals surface area contributed by atoms with Crippen molar-refractivity contribution in [2.75, 3.05) is 17.7 Å². The van der Waals surface area contributed by atoms with Crippen LogP contribution in [0, 0.1) is 0 Å². The van der Waals surface area contributed by atoms with E-state index in [-0.39, 0.29) is 10.8 Å². The lowest BCUT2D eigenvalue weighted by Gasteiger charge is -2.29. The van der Waals surface area contributed by atoms with Gasteiger partial charge in [0.2, 0.25) is 11.8 Å². The van der Waals surface area contributed by atoms with E-state index in [9.17, 15) is 19.2 Å². The van der Waals surface area contributed by atoms with Crippen LogP contribution in [0.25, 0.3) is 0 Å². The van der Waals surface area contributed by atoms with Crippen molar-refractivity contribution in [1.29, 1.82) is 0 Å². The number of rotatable bonds is 5. The van der Waals surface area contributed by atoms with Gasteiger partial charge in [-0.15, -0.1) is 11.8 Å². The molecule has 26 heavy (non-hydrogen) atoms. The van der Waals surface area contributed by atoms with Crippen LogP contribution in [-0.4, -0.2) is 51.9 Å². The Morgan fingerprint density at radius 3 is 2.69 bits per heavy atom. The number of carbonyl (C=O) groups excluding carboxylic acids is 4. The van der Waals surface area contributed by atoms with Crippen LogP contribution in [0.4, 0.5) is 5.69 Å². The molecule has 0 radical (unpaired) electrons. The van der Waals surface area contributed by atoms with Gasteiger partial charge in [0.25, 0.3) is 5.91 Å². The number of thioether (sulfide) groups is 1. The molecule has 3 N–H and O–H groups in total. The quantitative estimate of drug-likeness (QED) is 0.730. The lowest BCUT2D eigenvalue weighted by atomic mass is 10.2. The topological polar surface area (TPSA) is 119 Å². The SMILES string of the molecule is C[C@]12CCC(=O)N1[C@@H](C(=O)OCC(=O)Nc1ccc(C(N)=O)cc1)CS2. The van der Waals surface area contributed by atoms with Crippen molar-refractivity contribution in [1.82, 2.24) is 4.90 Å². The van der Waals surface area contributed by atoms with E-state index >= 15 is 0 Å². The van der Waals surface area contributed by atoms with Gasteiger partial charge in [0.15, 0.2) is 6.61 Å². The molecule has 0 unspecified atom stereocenters. The van der Waals surface area contributed by atoms with Crippen LogP contribution in [0.15, 0.2) is 24.3 Å². The number of benzene rings is 1. The normalized spacial score (nSPS) is 24.3. The van der Waals surface area contributed by atoms with Crippen LogP contribution in [0.2, 0.25) is 0 Å². The smallest absolute Gasteiger partial charge is 0.330 e. The fraction of sp³-hybridized carbons (Fsp3) is 0.412. The minimum absolute atomic E-state index is 0.0570. The second-order valence-electron chi connectivity index (χ2n) is 6.36. The van der Waals surface area contributed by atoms with E-state index in [4.69, 9.17) is 10.5 Å². The number of primary amides is 1. The Bertz CT molecular complexity index is 766. The van der Waals surface area contributed by atoms with Crippen LogP contribution in [0.5, 0.6) is 0 Å². The average molecular weight is 377 g/mol. The van der Waals surface area contributed by atoms with E-state index in [0.29, 0.717) is 29.8 Å². The van der Waals surface area contributed by atoms with Crippen molar-refractivity contribution in [3.05, 3.63) is 29.8 Å². The number of amides is 3. The Kier molecular flexibility index (Phi) is 4.90. The number of esters is 1. The molecule has 138 valence electrons. The number of ether oxygens (including phenoxy) is 1. The zero-order valence-electron chi connectivity index (χ0n) is 14.2. The number of anilines is 1. The Balaban J connectivity index is 1.52. The van der Waals surface area contributed by atoms with Crippen molar-refractivity contribution in [3.8, 4) is 0 Å². The molecule has 2 aliphatic heterocycles. The second kappa shape index (κ2) is 6.99. The highest BCUT2D eigenvalue weighted by molar-refractivity contribution is 8.01. The number of nitrogens with one attached hydrogen (secondary N) is 1. The van der Waals surface area contributed by atoms with Gasteiger partial charge in [0, 0.05) is 23.4 Å². The van der Waals surface area contributed by atoms with E-state index in [1.54, 1.807) is 16.7 Å². The standard InChI is InChI=1S/C17H19N3O5S/c1-17-7-6-14(22)20(17)12(9-26-17)16(24)25-8-13(21)19-11-4-2-10(3-5-11)15(18)23/h2-5,12H,6-9H2,1H3,(H2,18,23)(H,19,21)/t12-,17+/m1/s1. The molecule has 8 nitrogen and oxygen atoms in total. The molecule has 2 aliphatic rings. The molecule has 2 heterocycles. The number of nitrogens with zero attached hydrogens (tertiary/aromatic N) is 1. The zero-order valence-corrected chi connectivity index (χ0v) is 15.0. The minimum Gasteiger partial charge on any atom is -0.454 e. The van der Waals surface area contributed by atoms with E-state index < -0.39 is 30.4 Å². The van der Waals surface area contributed by atoms with Gasteiger partial charge in [-0.25, -0.2) is 4.79 Å². The van der Waals surface area contributed by atoms with Crippen molar-refractivity contribution >= 4 is 41.1 Å². The molecule has 9 heteroatoms. The van der Waals surface area contributed by atoms with Gasteiger partial charge in [-0.2, -0.15) is 0 Å². The number of nitrogens with two attached hydrogens (primary N) is 1. The zero-order chi connectivity index (χ0) is 18.9. The minimum atomic E-state index is -0.650. The summed E-state index contributed by atoms with van der Waals surface area (Å²) in [7, 11) is 0. The summed E-state index contributed by atoms with van der Waals surface area (Å²) in [6.45, 7) is 1.49. The molecule has 1 aromatic carbocycles. The molecule has 1 aromatic rings. The van der Waals surface area contributed by atoms with Gasteiger partial charge in [-0.1, -0.05) is 0 Å². The average Bonchev–Trinajstić information content (AvgIpc) is 3.09. The summed E-state index contributed by atoms with van der Waals surface area (Å²) in [5, 5.41) is 2.56. The monoisotopic (exact) mass is 377 g/mol. The number of hydrogen-bond acceptors (Lipinski definition) is 6. The maximum absolute atomic E-state index is 12.3. The first-order valence-electron chi connectivity index (χ1n) is 8.13. The third-order valence-electron chi connectivity index (χ3n) is 4.52. The van der Waals surface area contributed by atoms with Crippen LogP contribution in [0.1, 0.15) is 30.1 Å². The largest absolute Gasteiger partial charge is 0.454 e. The Labute approximate surface area is 154 Å². The third-order valence-corrected chi connectivity index (χ3v) is 6.02. The maximum atomic E-state index is 12.3. The first kappa shape index (κ1) is 18.2. The van der Waals surface area contributed by atoms with Crippen LogP contribution in [0.3, 0.4) is 0 Å². The Morgan fingerprint density at radius 2 is 2.04 bits per heavy atom. The molecule has 2 saturated heterocycles. The summed E-state index contributed by atoms with van der Waals surface area (Å²) in [5.41, 5.74) is 5.93. The highest BCUT2D eigenvalue weighted by Gasteiger charge is 2.53. The van der Waals surface area contributed by atoms with Crippen molar-refractivity contribution < 1.29 is 23.9 Å². The molecular weight excluding hydrogens is 358 g/mol. The summed E-state index contributed by atoms with van der Waals surface area (Å²) in [6.07, 6.45) is 1.14. The van der Waals surface area contributed by atoms with Crippen molar-refractivity contribution in [3.63, 3.8) is 0 Å². The number of hydrogen-bond donors (Lipinski definition) is 2. The lowest BCUT2D eigenvalue weighted by Crippen LogP contribution is -2.47. The first-order chi connectivity index (χ1) is 12.3. The molecule has 2 atom stereocenters. The Hall–Kier alpha value is -2.55. The number of carbonyl (C=O) groups is 4. The highest BCUT2D eigenvalue weighted by Crippen LogP contribution is 2.47. The molecule has 3 rings (SSSR count). The van der Waals surface area contributed by atoms with Gasteiger partial charge in [-0.3, -0.25) is 14.4 Å². The van der Waals surface area contributed by atoms with Gasteiger partial charge in [-0.05, 0) is 37.6 Å². The van der Waals surface area contributed by atoms with Gasteiger partial charge >= 0.3 is 5.97 Å². The summed E-state index contributed by atoms with van der Waals surface area (Å²) in [4.78, 5) is 48.5. The lowest BCUT2D eigenvalue weighted by molar-refractivity contribution is -0.155. The van der Waals surface area contributed by atoms with Gasteiger partial charge in [0.1, 0.15) is 6.04 Å². The fourth-order valence-electron chi connectivity index (χ4n) is 3.14.